The van der Waals surface area contributed by atoms with Crippen LogP contribution in [0.15, 0.2) is 40.1 Å². The lowest BCUT2D eigenvalue weighted by atomic mass is 10.1. The van der Waals surface area contributed by atoms with E-state index in [-0.39, 0.29) is 5.84 Å². The molecule has 1 saturated carbocycles. The van der Waals surface area contributed by atoms with E-state index < -0.39 is 0 Å². The van der Waals surface area contributed by atoms with Crippen molar-refractivity contribution in [1.29, 1.82) is 0 Å². The molecule has 0 atom stereocenters. The molecule has 1 heterocycles. The van der Waals surface area contributed by atoms with Crippen LogP contribution in [0.25, 0.3) is 5.69 Å². The molecule has 19 heavy (non-hydrogen) atoms. The predicted molar refractivity (Wildman–Crippen MR) is 75.7 cm³/mol. The van der Waals surface area contributed by atoms with E-state index >= 15 is 0 Å². The molecule has 1 aliphatic carbocycles. The Bertz CT molecular complexity index is 646. The Morgan fingerprint density at radius 1 is 1.42 bits per heavy atom. The van der Waals surface area contributed by atoms with Gasteiger partial charge >= 0.3 is 0 Å². The molecule has 1 aromatic heterocycles. The molecular weight excluding hydrogens is 308 g/mol. The summed E-state index contributed by atoms with van der Waals surface area (Å²) in [7, 11) is 0. The maximum absolute atomic E-state index is 8.85. The number of hydrogen-bond donors (Lipinski definition) is 2. The van der Waals surface area contributed by atoms with Crippen LogP contribution in [-0.2, 0) is 0 Å². The van der Waals surface area contributed by atoms with Gasteiger partial charge in [0.05, 0.1) is 11.4 Å². The van der Waals surface area contributed by atoms with Gasteiger partial charge < -0.3 is 10.9 Å². The van der Waals surface area contributed by atoms with Crippen molar-refractivity contribution in [1.82, 2.24) is 9.78 Å². The van der Waals surface area contributed by atoms with Crippen molar-refractivity contribution in [3.63, 3.8) is 0 Å². The smallest absolute Gasteiger partial charge is 0.172 e. The lowest BCUT2D eigenvalue weighted by Crippen LogP contribution is -2.16. The Hall–Kier alpha value is -1.82. The van der Waals surface area contributed by atoms with Gasteiger partial charge in [0, 0.05) is 22.2 Å². The van der Waals surface area contributed by atoms with Crippen LogP contribution in [0.5, 0.6) is 0 Å². The predicted octanol–water partition coefficient (Wildman–Crippen LogP) is 2.61. The summed E-state index contributed by atoms with van der Waals surface area (Å²) < 4.78 is 2.69. The lowest BCUT2D eigenvalue weighted by Gasteiger charge is -2.09. The maximum Gasteiger partial charge on any atom is 0.172 e. The molecule has 0 aliphatic heterocycles. The fraction of sp³-hybridized carbons (Fsp3) is 0.231. The number of halogens is 1. The summed E-state index contributed by atoms with van der Waals surface area (Å²) in [5, 5.41) is 16.5. The summed E-state index contributed by atoms with van der Waals surface area (Å²) in [6.45, 7) is 0. The van der Waals surface area contributed by atoms with Gasteiger partial charge in [-0.2, -0.15) is 5.10 Å². The van der Waals surface area contributed by atoms with Gasteiger partial charge in [-0.25, -0.2) is 4.68 Å². The highest BCUT2D eigenvalue weighted by Crippen LogP contribution is 2.39. The largest absolute Gasteiger partial charge is 0.409 e. The van der Waals surface area contributed by atoms with Crippen LogP contribution in [0.3, 0.4) is 0 Å². The van der Waals surface area contributed by atoms with E-state index in [1.54, 1.807) is 10.7 Å². The van der Waals surface area contributed by atoms with E-state index in [0.717, 1.165) is 15.9 Å². The average molecular weight is 321 g/mol. The molecule has 1 aromatic carbocycles. The third-order valence-electron chi connectivity index (χ3n) is 3.20. The molecule has 3 N–H and O–H groups in total. The molecule has 0 saturated heterocycles. The van der Waals surface area contributed by atoms with Gasteiger partial charge in [0.1, 0.15) is 0 Å². The molecule has 3 rings (SSSR count). The molecule has 98 valence electrons. The zero-order valence-electron chi connectivity index (χ0n) is 10.1. The molecule has 2 aromatic rings. The van der Waals surface area contributed by atoms with E-state index in [9.17, 15) is 0 Å². The highest BCUT2D eigenvalue weighted by Gasteiger charge is 2.26. The summed E-state index contributed by atoms with van der Waals surface area (Å²) in [6.07, 6.45) is 4.33. The highest BCUT2D eigenvalue weighted by molar-refractivity contribution is 9.10. The molecule has 5 nitrogen and oxygen atoms in total. The molecule has 1 fully saturated rings. The minimum absolute atomic E-state index is 0.0750. The Kier molecular flexibility index (Phi) is 3.02. The number of hydrogen-bond acceptors (Lipinski definition) is 3. The Labute approximate surface area is 118 Å². The Morgan fingerprint density at radius 3 is 2.89 bits per heavy atom. The molecule has 0 spiro atoms. The minimum atomic E-state index is 0.0750. The van der Waals surface area contributed by atoms with Crippen LogP contribution in [0.1, 0.15) is 30.0 Å². The van der Waals surface area contributed by atoms with Gasteiger partial charge in [0.15, 0.2) is 5.84 Å². The SMILES string of the molecule is N/C(=N/O)c1ccc(Br)cc1-n1ccc(C2CC2)n1. The third kappa shape index (κ3) is 2.35. The van der Waals surface area contributed by atoms with Gasteiger partial charge in [-0.15, -0.1) is 0 Å². The van der Waals surface area contributed by atoms with Crippen LogP contribution in [0, 0.1) is 0 Å². The second-order valence-corrected chi connectivity index (χ2v) is 5.52. The van der Waals surface area contributed by atoms with E-state index in [1.165, 1.54) is 12.8 Å². The standard InChI is InChI=1S/C13H13BrN4O/c14-9-3-4-10(13(15)17-19)12(7-9)18-6-5-11(16-18)8-1-2-8/h3-8,19H,1-2H2,(H2,15,17). The molecule has 0 unspecified atom stereocenters. The quantitative estimate of drug-likeness (QED) is 0.395. The van der Waals surface area contributed by atoms with Crippen LogP contribution in [0.2, 0.25) is 0 Å². The number of amidine groups is 1. The van der Waals surface area contributed by atoms with Crippen molar-refractivity contribution in [2.24, 2.45) is 10.9 Å². The van der Waals surface area contributed by atoms with Gasteiger partial charge in [0.25, 0.3) is 0 Å². The van der Waals surface area contributed by atoms with Crippen molar-refractivity contribution < 1.29 is 5.21 Å². The fourth-order valence-electron chi connectivity index (χ4n) is 2.03. The van der Waals surface area contributed by atoms with Crippen LogP contribution in [0.4, 0.5) is 0 Å². The first kappa shape index (κ1) is 12.2. The van der Waals surface area contributed by atoms with Crippen LogP contribution in [-0.4, -0.2) is 20.8 Å². The first-order valence-electron chi connectivity index (χ1n) is 6.02. The lowest BCUT2D eigenvalue weighted by molar-refractivity contribution is 0.318. The number of oxime groups is 1. The van der Waals surface area contributed by atoms with Crippen molar-refractivity contribution in [3.8, 4) is 5.69 Å². The molecular formula is C13H13BrN4O. The third-order valence-corrected chi connectivity index (χ3v) is 3.69. The zero-order valence-corrected chi connectivity index (χ0v) is 11.7. The number of aromatic nitrogens is 2. The topological polar surface area (TPSA) is 76.4 Å². The first-order chi connectivity index (χ1) is 9.19. The molecule has 6 heteroatoms. The van der Waals surface area contributed by atoms with Gasteiger partial charge in [-0.1, -0.05) is 21.1 Å². The van der Waals surface area contributed by atoms with Crippen LogP contribution < -0.4 is 5.73 Å². The summed E-state index contributed by atoms with van der Waals surface area (Å²) in [6, 6.07) is 7.57. The van der Waals surface area contributed by atoms with E-state index in [2.05, 4.69) is 26.2 Å². The zero-order chi connectivity index (χ0) is 13.4. The molecule has 0 bridgehead atoms. The number of nitrogens with zero attached hydrogens (tertiary/aromatic N) is 3. The monoisotopic (exact) mass is 320 g/mol. The summed E-state index contributed by atoms with van der Waals surface area (Å²) in [5.74, 6) is 0.673. The minimum Gasteiger partial charge on any atom is -0.409 e. The first-order valence-corrected chi connectivity index (χ1v) is 6.81. The van der Waals surface area contributed by atoms with Crippen molar-refractivity contribution in [2.75, 3.05) is 0 Å². The van der Waals surface area contributed by atoms with E-state index in [1.807, 2.05) is 24.4 Å². The highest BCUT2D eigenvalue weighted by atomic mass is 79.9. The number of rotatable bonds is 3. The number of nitrogens with two attached hydrogens (primary N) is 1. The average Bonchev–Trinajstić information content (AvgIpc) is 3.15. The summed E-state index contributed by atoms with van der Waals surface area (Å²) in [4.78, 5) is 0. The van der Waals surface area contributed by atoms with Crippen molar-refractivity contribution in [3.05, 3.63) is 46.2 Å². The molecule has 0 amide bonds. The molecule has 0 radical (unpaired) electrons. The van der Waals surface area contributed by atoms with E-state index in [0.29, 0.717) is 11.5 Å². The summed E-state index contributed by atoms with van der Waals surface area (Å²) in [5.41, 5.74) is 8.24. The van der Waals surface area contributed by atoms with Crippen molar-refractivity contribution in [2.45, 2.75) is 18.8 Å². The van der Waals surface area contributed by atoms with Crippen molar-refractivity contribution >= 4 is 21.8 Å². The second-order valence-electron chi connectivity index (χ2n) is 4.61. The van der Waals surface area contributed by atoms with Gasteiger partial charge in [0.2, 0.25) is 0 Å². The molecule has 1 aliphatic rings. The number of benzene rings is 1. The second kappa shape index (κ2) is 4.70. The van der Waals surface area contributed by atoms with Crippen LogP contribution >= 0.6 is 15.9 Å². The fourth-order valence-corrected chi connectivity index (χ4v) is 2.38. The van der Waals surface area contributed by atoms with Gasteiger partial charge in [-0.05, 0) is 37.1 Å². The summed E-state index contributed by atoms with van der Waals surface area (Å²) >= 11 is 3.43. The Morgan fingerprint density at radius 2 is 2.21 bits per heavy atom. The normalized spacial score (nSPS) is 15.7. The van der Waals surface area contributed by atoms with E-state index in [4.69, 9.17) is 10.9 Å². The Balaban J connectivity index is 2.08. The maximum atomic E-state index is 8.85. The van der Waals surface area contributed by atoms with Gasteiger partial charge in [-0.3, -0.25) is 0 Å².